The molecule has 2 rings (SSSR count). The molecule has 2 heterocycles. The topological polar surface area (TPSA) is 59.0 Å². The quantitative estimate of drug-likeness (QED) is 0.629. The number of hydroxylamine groups is 4. The van der Waals surface area contributed by atoms with Crippen molar-refractivity contribution in [2.24, 2.45) is 0 Å². The Morgan fingerprint density at radius 3 is 1.73 bits per heavy atom. The lowest BCUT2D eigenvalue weighted by Crippen LogP contribution is -2.41. The molecule has 0 unspecified atom stereocenters. The zero-order chi connectivity index (χ0) is 10.7. The molecule has 2 aliphatic heterocycles. The molecule has 3 N–H and O–H groups in total. The first-order valence-corrected chi connectivity index (χ1v) is 5.89. The minimum atomic E-state index is 0.263. The highest BCUT2D eigenvalue weighted by Gasteiger charge is 2.25. The summed E-state index contributed by atoms with van der Waals surface area (Å²) >= 11 is 0. The summed E-state index contributed by atoms with van der Waals surface area (Å²) < 4.78 is 0. The van der Waals surface area contributed by atoms with Crippen molar-refractivity contribution in [2.75, 3.05) is 26.2 Å². The largest absolute Gasteiger partial charge is 0.314 e. The van der Waals surface area contributed by atoms with Crippen LogP contribution in [0.1, 0.15) is 25.7 Å². The van der Waals surface area contributed by atoms with Gasteiger partial charge in [-0.1, -0.05) is 0 Å². The van der Waals surface area contributed by atoms with E-state index in [1.54, 1.807) is 0 Å². The van der Waals surface area contributed by atoms with Gasteiger partial charge in [0.1, 0.15) is 0 Å². The minimum Gasteiger partial charge on any atom is -0.314 e. The van der Waals surface area contributed by atoms with Crippen LogP contribution in [0.15, 0.2) is 0 Å². The first-order valence-electron chi connectivity index (χ1n) is 5.89. The Bertz CT molecular complexity index is 183. The van der Waals surface area contributed by atoms with Crippen LogP contribution in [0.3, 0.4) is 0 Å². The van der Waals surface area contributed by atoms with Gasteiger partial charge in [0, 0.05) is 38.3 Å². The van der Waals surface area contributed by atoms with Gasteiger partial charge in [0.2, 0.25) is 0 Å². The van der Waals surface area contributed by atoms with Crippen LogP contribution in [0.2, 0.25) is 0 Å². The third-order valence-corrected chi connectivity index (χ3v) is 3.45. The summed E-state index contributed by atoms with van der Waals surface area (Å²) in [6.45, 7) is 3.23. The Balaban J connectivity index is 1.62. The second kappa shape index (κ2) is 5.23. The van der Waals surface area contributed by atoms with Crippen LogP contribution >= 0.6 is 0 Å². The summed E-state index contributed by atoms with van der Waals surface area (Å²) in [6, 6.07) is 0.525. The Hall–Kier alpha value is -0.200. The Kier molecular flexibility index (Phi) is 3.93. The van der Waals surface area contributed by atoms with Crippen LogP contribution in [0, 0.1) is 0 Å². The third kappa shape index (κ3) is 2.89. The molecule has 5 nitrogen and oxygen atoms in total. The van der Waals surface area contributed by atoms with E-state index in [9.17, 15) is 10.4 Å². The maximum Gasteiger partial charge on any atom is 0.0475 e. The molecule has 15 heavy (non-hydrogen) atoms. The standard InChI is InChI=1S/C10H21N3O2/c14-12-5-1-3-9(12)7-11-8-10-4-2-6-13(10)15/h9-11,14-15H,1-8H2/t9-,10-/m0/s1. The summed E-state index contributed by atoms with van der Waals surface area (Å²) in [4.78, 5) is 0. The van der Waals surface area contributed by atoms with Crippen LogP contribution in [0.25, 0.3) is 0 Å². The van der Waals surface area contributed by atoms with Crippen LogP contribution in [0.5, 0.6) is 0 Å². The smallest absolute Gasteiger partial charge is 0.0475 e. The molecule has 0 spiro atoms. The number of nitrogens with one attached hydrogen (secondary N) is 1. The van der Waals surface area contributed by atoms with Crippen LogP contribution < -0.4 is 5.32 Å². The molecule has 2 aliphatic rings. The van der Waals surface area contributed by atoms with Gasteiger partial charge in [-0.05, 0) is 25.7 Å². The van der Waals surface area contributed by atoms with Crippen molar-refractivity contribution in [3.8, 4) is 0 Å². The molecular weight excluding hydrogens is 194 g/mol. The SMILES string of the molecule is ON1CCC[C@H]1CNC[C@@H]1CCCN1O. The minimum absolute atomic E-state index is 0.263. The lowest BCUT2D eigenvalue weighted by atomic mass is 10.2. The van der Waals surface area contributed by atoms with Gasteiger partial charge in [-0.3, -0.25) is 0 Å². The van der Waals surface area contributed by atoms with Gasteiger partial charge < -0.3 is 15.7 Å². The second-order valence-corrected chi connectivity index (χ2v) is 4.58. The summed E-state index contributed by atoms with van der Waals surface area (Å²) in [5.41, 5.74) is 0. The maximum atomic E-state index is 9.47. The maximum absolute atomic E-state index is 9.47. The van der Waals surface area contributed by atoms with Crippen molar-refractivity contribution in [3.63, 3.8) is 0 Å². The number of rotatable bonds is 4. The van der Waals surface area contributed by atoms with Crippen molar-refractivity contribution < 1.29 is 10.4 Å². The van der Waals surface area contributed by atoms with E-state index in [4.69, 9.17) is 0 Å². The van der Waals surface area contributed by atoms with Gasteiger partial charge >= 0.3 is 0 Å². The normalized spacial score (nSPS) is 34.0. The molecule has 0 bridgehead atoms. The van der Waals surface area contributed by atoms with Gasteiger partial charge in [-0.15, -0.1) is 0 Å². The van der Waals surface area contributed by atoms with E-state index in [-0.39, 0.29) is 12.1 Å². The lowest BCUT2D eigenvalue weighted by Gasteiger charge is -2.21. The first kappa shape index (κ1) is 11.3. The van der Waals surface area contributed by atoms with E-state index in [0.29, 0.717) is 0 Å². The fourth-order valence-electron chi connectivity index (χ4n) is 2.47. The second-order valence-electron chi connectivity index (χ2n) is 4.58. The van der Waals surface area contributed by atoms with E-state index < -0.39 is 0 Å². The molecule has 0 aromatic heterocycles. The molecule has 0 saturated carbocycles. The molecule has 2 saturated heterocycles. The Morgan fingerprint density at radius 1 is 0.933 bits per heavy atom. The molecule has 0 aliphatic carbocycles. The van der Waals surface area contributed by atoms with Crippen molar-refractivity contribution in [1.82, 2.24) is 15.4 Å². The van der Waals surface area contributed by atoms with Gasteiger partial charge in [0.25, 0.3) is 0 Å². The predicted octanol–water partition coefficient (Wildman–Crippen LogP) is 0.283. The van der Waals surface area contributed by atoms with Gasteiger partial charge in [-0.25, -0.2) is 0 Å². The highest BCUT2D eigenvalue weighted by Crippen LogP contribution is 2.15. The Labute approximate surface area is 90.6 Å². The van der Waals surface area contributed by atoms with Crippen molar-refractivity contribution in [1.29, 1.82) is 0 Å². The zero-order valence-electron chi connectivity index (χ0n) is 9.10. The molecule has 5 heteroatoms. The van der Waals surface area contributed by atoms with E-state index in [0.717, 1.165) is 51.9 Å². The predicted molar refractivity (Wildman–Crippen MR) is 55.9 cm³/mol. The van der Waals surface area contributed by atoms with Crippen LogP contribution in [-0.4, -0.2) is 58.8 Å². The average Bonchev–Trinajstić information content (AvgIpc) is 2.78. The highest BCUT2D eigenvalue weighted by molar-refractivity contribution is 4.79. The van der Waals surface area contributed by atoms with Crippen LogP contribution in [0.4, 0.5) is 0 Å². The van der Waals surface area contributed by atoms with E-state index in [1.165, 1.54) is 10.1 Å². The third-order valence-electron chi connectivity index (χ3n) is 3.45. The van der Waals surface area contributed by atoms with Crippen molar-refractivity contribution in [2.45, 2.75) is 37.8 Å². The first-order chi connectivity index (χ1) is 7.27. The van der Waals surface area contributed by atoms with E-state index in [1.807, 2.05) is 0 Å². The molecule has 2 fully saturated rings. The number of nitrogens with zero attached hydrogens (tertiary/aromatic N) is 2. The summed E-state index contributed by atoms with van der Waals surface area (Å²) in [5.74, 6) is 0. The highest BCUT2D eigenvalue weighted by atomic mass is 16.5. The van der Waals surface area contributed by atoms with Gasteiger partial charge in [0.05, 0.1) is 0 Å². The molecule has 2 atom stereocenters. The van der Waals surface area contributed by atoms with E-state index in [2.05, 4.69) is 5.32 Å². The molecular formula is C10H21N3O2. The molecule has 0 aromatic carbocycles. The zero-order valence-corrected chi connectivity index (χ0v) is 9.10. The van der Waals surface area contributed by atoms with Crippen molar-refractivity contribution >= 4 is 0 Å². The number of hydrogen-bond donors (Lipinski definition) is 3. The Morgan fingerprint density at radius 2 is 1.40 bits per heavy atom. The number of hydrogen-bond acceptors (Lipinski definition) is 5. The van der Waals surface area contributed by atoms with Gasteiger partial charge in [0.15, 0.2) is 0 Å². The molecule has 0 radical (unpaired) electrons. The molecule has 0 amide bonds. The van der Waals surface area contributed by atoms with E-state index >= 15 is 0 Å². The summed E-state index contributed by atoms with van der Waals surface area (Å²) in [5, 5.41) is 25.1. The lowest BCUT2D eigenvalue weighted by molar-refractivity contribution is -0.107. The summed E-state index contributed by atoms with van der Waals surface area (Å²) in [6.07, 6.45) is 4.30. The van der Waals surface area contributed by atoms with Crippen molar-refractivity contribution in [3.05, 3.63) is 0 Å². The van der Waals surface area contributed by atoms with Crippen LogP contribution in [-0.2, 0) is 0 Å². The molecule has 88 valence electrons. The summed E-state index contributed by atoms with van der Waals surface area (Å²) in [7, 11) is 0. The average molecular weight is 215 g/mol. The van der Waals surface area contributed by atoms with Gasteiger partial charge in [-0.2, -0.15) is 10.1 Å². The fraction of sp³-hybridized carbons (Fsp3) is 1.00. The molecule has 0 aromatic rings. The fourth-order valence-corrected chi connectivity index (χ4v) is 2.47. The monoisotopic (exact) mass is 215 g/mol.